The van der Waals surface area contributed by atoms with E-state index in [0.29, 0.717) is 17.6 Å². The highest BCUT2D eigenvalue weighted by molar-refractivity contribution is 7.99. The number of methoxy groups -OCH3 is 1. The number of nitrogens with one attached hydrogen (secondary N) is 1. The Kier molecular flexibility index (Phi) is 5.54. The van der Waals surface area contributed by atoms with Gasteiger partial charge in [-0.3, -0.25) is 19.8 Å². The van der Waals surface area contributed by atoms with Gasteiger partial charge in [-0.05, 0) is 36.1 Å². The van der Waals surface area contributed by atoms with Crippen LogP contribution < -0.4 is 15.6 Å². The maximum atomic E-state index is 12.3. The van der Waals surface area contributed by atoms with E-state index in [-0.39, 0.29) is 10.9 Å². The molecule has 1 aromatic heterocycles. The predicted molar refractivity (Wildman–Crippen MR) is 120 cm³/mol. The van der Waals surface area contributed by atoms with Gasteiger partial charge in [0, 0.05) is 55.2 Å². The van der Waals surface area contributed by atoms with E-state index in [1.54, 1.807) is 24.9 Å². The summed E-state index contributed by atoms with van der Waals surface area (Å²) in [7, 11) is 1.69. The zero-order valence-electron chi connectivity index (χ0n) is 17.5. The van der Waals surface area contributed by atoms with Crippen LogP contribution >= 0.6 is 11.8 Å². The molecule has 0 amide bonds. The SMILES string of the molecule is COc1ccc([C@H]2N[C@@H](C(=O)O)CS2)cc1CN1C[C@@H]2C[C@H](C1)c1cccc(=O)n1C2. The van der Waals surface area contributed by atoms with Crippen molar-refractivity contribution in [2.75, 3.05) is 26.0 Å². The van der Waals surface area contributed by atoms with Crippen LogP contribution in [0, 0.1) is 5.92 Å². The Morgan fingerprint density at radius 3 is 2.90 bits per heavy atom. The van der Waals surface area contributed by atoms with Crippen molar-refractivity contribution in [1.82, 2.24) is 14.8 Å². The summed E-state index contributed by atoms with van der Waals surface area (Å²) in [6.07, 6.45) is 1.14. The third-order valence-corrected chi connectivity index (χ3v) is 7.90. The van der Waals surface area contributed by atoms with E-state index in [2.05, 4.69) is 22.3 Å². The number of benzene rings is 1. The summed E-state index contributed by atoms with van der Waals surface area (Å²) in [6, 6.07) is 11.3. The molecule has 8 heteroatoms. The van der Waals surface area contributed by atoms with Gasteiger partial charge >= 0.3 is 5.97 Å². The molecule has 0 radical (unpaired) electrons. The fourth-order valence-corrected chi connectivity index (χ4v) is 6.48. The monoisotopic (exact) mass is 441 g/mol. The number of carboxylic acid groups (broad SMARTS) is 1. The lowest BCUT2D eigenvalue weighted by Crippen LogP contribution is -2.46. The first-order valence-corrected chi connectivity index (χ1v) is 11.8. The molecule has 7 nitrogen and oxygen atoms in total. The highest BCUT2D eigenvalue weighted by atomic mass is 32.2. The number of carboxylic acids is 1. The first-order chi connectivity index (χ1) is 15.0. The number of aliphatic carboxylic acids is 1. The van der Waals surface area contributed by atoms with Gasteiger partial charge in [0.05, 0.1) is 12.5 Å². The van der Waals surface area contributed by atoms with Gasteiger partial charge in [-0.1, -0.05) is 12.1 Å². The number of likely N-dealkylation sites (tertiary alicyclic amines) is 1. The summed E-state index contributed by atoms with van der Waals surface area (Å²) >= 11 is 1.63. The summed E-state index contributed by atoms with van der Waals surface area (Å²) in [5.41, 5.74) is 3.46. The normalized spacial score (nSPS) is 27.6. The fourth-order valence-electron chi connectivity index (χ4n) is 5.26. The second kappa shape index (κ2) is 8.33. The van der Waals surface area contributed by atoms with E-state index in [0.717, 1.165) is 55.2 Å². The Balaban J connectivity index is 1.35. The Labute approximate surface area is 185 Å². The number of fused-ring (bicyclic) bond motifs is 4. The molecule has 0 spiro atoms. The second-order valence-corrected chi connectivity index (χ2v) is 9.87. The highest BCUT2D eigenvalue weighted by Gasteiger charge is 2.35. The van der Waals surface area contributed by atoms with Crippen LogP contribution in [0.3, 0.4) is 0 Å². The topological polar surface area (TPSA) is 83.8 Å². The summed E-state index contributed by atoms with van der Waals surface area (Å²) in [5, 5.41) is 12.5. The third kappa shape index (κ3) is 4.00. The largest absolute Gasteiger partial charge is 0.496 e. The lowest BCUT2D eigenvalue weighted by molar-refractivity contribution is -0.138. The number of aromatic nitrogens is 1. The molecular formula is C23H27N3O4S. The molecule has 0 saturated carbocycles. The van der Waals surface area contributed by atoms with Crippen molar-refractivity contribution in [3.8, 4) is 5.75 Å². The third-order valence-electron chi connectivity index (χ3n) is 6.64. The van der Waals surface area contributed by atoms with Gasteiger partial charge in [0.15, 0.2) is 0 Å². The van der Waals surface area contributed by atoms with E-state index in [1.807, 2.05) is 22.8 Å². The smallest absolute Gasteiger partial charge is 0.321 e. The molecular weight excluding hydrogens is 414 g/mol. The van der Waals surface area contributed by atoms with Gasteiger partial charge < -0.3 is 14.4 Å². The lowest BCUT2D eigenvalue weighted by atomic mass is 9.83. The molecule has 5 rings (SSSR count). The molecule has 2 bridgehead atoms. The van der Waals surface area contributed by atoms with Crippen LogP contribution in [0.15, 0.2) is 41.2 Å². The molecule has 2 aromatic rings. The Morgan fingerprint density at radius 2 is 2.13 bits per heavy atom. The summed E-state index contributed by atoms with van der Waals surface area (Å²) in [5.74, 6) is 1.47. The van der Waals surface area contributed by atoms with E-state index in [4.69, 9.17) is 4.74 Å². The average Bonchev–Trinajstić information content (AvgIpc) is 3.25. The first-order valence-electron chi connectivity index (χ1n) is 10.7. The minimum absolute atomic E-state index is 0.0229. The lowest BCUT2D eigenvalue weighted by Gasteiger charge is -2.43. The van der Waals surface area contributed by atoms with Crippen molar-refractivity contribution >= 4 is 17.7 Å². The van der Waals surface area contributed by atoms with Crippen LogP contribution in [-0.4, -0.2) is 52.5 Å². The number of piperidine rings is 1. The van der Waals surface area contributed by atoms with Crippen LogP contribution in [0.4, 0.5) is 0 Å². The van der Waals surface area contributed by atoms with Gasteiger partial charge in [0.1, 0.15) is 11.8 Å². The zero-order chi connectivity index (χ0) is 21.5. The van der Waals surface area contributed by atoms with E-state index >= 15 is 0 Å². The number of nitrogens with zero attached hydrogens (tertiary/aromatic N) is 2. The molecule has 3 aliphatic heterocycles. The van der Waals surface area contributed by atoms with Crippen molar-refractivity contribution in [1.29, 1.82) is 0 Å². The number of pyridine rings is 1. The minimum Gasteiger partial charge on any atom is -0.496 e. The van der Waals surface area contributed by atoms with Gasteiger partial charge in [0.25, 0.3) is 5.56 Å². The van der Waals surface area contributed by atoms with E-state index in [9.17, 15) is 14.7 Å². The molecule has 4 heterocycles. The van der Waals surface area contributed by atoms with Gasteiger partial charge in [-0.25, -0.2) is 0 Å². The molecule has 31 heavy (non-hydrogen) atoms. The van der Waals surface area contributed by atoms with Crippen LogP contribution in [0.25, 0.3) is 0 Å². The van der Waals surface area contributed by atoms with Gasteiger partial charge in [-0.2, -0.15) is 0 Å². The summed E-state index contributed by atoms with van der Waals surface area (Å²) < 4.78 is 7.59. The molecule has 2 saturated heterocycles. The number of rotatable bonds is 5. The van der Waals surface area contributed by atoms with Gasteiger partial charge in [0.2, 0.25) is 0 Å². The van der Waals surface area contributed by atoms with Crippen LogP contribution in [0.1, 0.15) is 34.5 Å². The average molecular weight is 442 g/mol. The molecule has 4 atom stereocenters. The molecule has 2 N–H and O–H groups in total. The minimum atomic E-state index is -0.803. The Bertz CT molecular complexity index is 1060. The number of carbonyl (C=O) groups is 1. The van der Waals surface area contributed by atoms with Crippen molar-refractivity contribution in [2.24, 2.45) is 5.92 Å². The van der Waals surface area contributed by atoms with Crippen molar-refractivity contribution in [3.63, 3.8) is 0 Å². The zero-order valence-corrected chi connectivity index (χ0v) is 18.3. The quantitative estimate of drug-likeness (QED) is 0.736. The number of ether oxygens (including phenoxy) is 1. The second-order valence-electron chi connectivity index (χ2n) is 8.73. The molecule has 0 unspecified atom stereocenters. The van der Waals surface area contributed by atoms with Crippen molar-refractivity contribution in [2.45, 2.75) is 36.8 Å². The Morgan fingerprint density at radius 1 is 1.26 bits per heavy atom. The summed E-state index contributed by atoms with van der Waals surface area (Å²) in [4.78, 5) is 26.0. The molecule has 164 valence electrons. The van der Waals surface area contributed by atoms with Gasteiger partial charge in [-0.15, -0.1) is 11.8 Å². The van der Waals surface area contributed by atoms with Crippen LogP contribution in [0.5, 0.6) is 5.75 Å². The standard InChI is InChI=1S/C23H27N3O4S/c1-30-20-6-5-15(22-24-18(13-31-22)23(28)29)8-17(20)12-25-9-14-7-16(11-25)19-3-2-4-21(27)26(19)10-14/h2-6,8,14,16,18,22,24H,7,9-13H2,1H3,(H,28,29)/t14-,16+,18+,22-/m0/s1. The molecule has 3 aliphatic rings. The number of hydrogen-bond acceptors (Lipinski definition) is 6. The predicted octanol–water partition coefficient (Wildman–Crippen LogP) is 2.26. The van der Waals surface area contributed by atoms with Crippen molar-refractivity contribution < 1.29 is 14.6 Å². The summed E-state index contributed by atoms with van der Waals surface area (Å²) in [6.45, 7) is 3.45. The molecule has 2 fully saturated rings. The Hall–Kier alpha value is -2.29. The van der Waals surface area contributed by atoms with Crippen LogP contribution in [-0.2, 0) is 17.9 Å². The maximum Gasteiger partial charge on any atom is 0.321 e. The maximum absolute atomic E-state index is 12.3. The van der Waals surface area contributed by atoms with E-state index < -0.39 is 12.0 Å². The molecule has 1 aromatic carbocycles. The van der Waals surface area contributed by atoms with Crippen LogP contribution in [0.2, 0.25) is 0 Å². The first kappa shape index (κ1) is 20.6. The number of thioether (sulfide) groups is 1. The van der Waals surface area contributed by atoms with Crippen molar-refractivity contribution in [3.05, 3.63) is 63.6 Å². The molecule has 0 aliphatic carbocycles. The highest BCUT2D eigenvalue weighted by Crippen LogP contribution is 2.38. The fraction of sp³-hybridized carbons (Fsp3) is 0.478. The van der Waals surface area contributed by atoms with E-state index in [1.165, 1.54) is 0 Å². The number of hydrogen-bond donors (Lipinski definition) is 2.